The van der Waals surface area contributed by atoms with Crippen LogP contribution in [-0.4, -0.2) is 37.1 Å². The molecule has 1 aliphatic rings. The van der Waals surface area contributed by atoms with Crippen LogP contribution in [0, 0.1) is 5.92 Å². The second kappa shape index (κ2) is 9.72. The van der Waals surface area contributed by atoms with Crippen molar-refractivity contribution in [3.63, 3.8) is 0 Å². The SMILES string of the molecule is NC[C@H](O)C(Cc1ccccc1)Oc1ccc(CCOCC2CC2)cc1. The first-order valence-corrected chi connectivity index (χ1v) is 9.50. The zero-order valence-corrected chi connectivity index (χ0v) is 15.2. The highest BCUT2D eigenvalue weighted by Crippen LogP contribution is 2.28. The zero-order chi connectivity index (χ0) is 18.2. The molecule has 0 aromatic heterocycles. The number of benzene rings is 2. The van der Waals surface area contributed by atoms with E-state index in [1.807, 2.05) is 42.5 Å². The summed E-state index contributed by atoms with van der Waals surface area (Å²) in [7, 11) is 0. The van der Waals surface area contributed by atoms with Crippen LogP contribution < -0.4 is 10.5 Å². The van der Waals surface area contributed by atoms with E-state index in [1.54, 1.807) is 0 Å². The number of ether oxygens (including phenoxy) is 2. The number of rotatable bonds is 11. The number of hydrogen-bond acceptors (Lipinski definition) is 4. The molecule has 1 fully saturated rings. The fourth-order valence-corrected chi connectivity index (χ4v) is 2.89. The summed E-state index contributed by atoms with van der Waals surface area (Å²) < 4.78 is 11.7. The molecule has 1 unspecified atom stereocenters. The largest absolute Gasteiger partial charge is 0.487 e. The number of hydrogen-bond donors (Lipinski definition) is 2. The Hall–Kier alpha value is -1.88. The lowest BCUT2D eigenvalue weighted by molar-refractivity contribution is 0.0424. The zero-order valence-electron chi connectivity index (χ0n) is 15.2. The van der Waals surface area contributed by atoms with Gasteiger partial charge in [-0.1, -0.05) is 42.5 Å². The van der Waals surface area contributed by atoms with E-state index in [4.69, 9.17) is 15.2 Å². The van der Waals surface area contributed by atoms with Crippen molar-refractivity contribution in [2.45, 2.75) is 37.9 Å². The second-order valence-corrected chi connectivity index (χ2v) is 7.06. The molecule has 0 saturated heterocycles. The summed E-state index contributed by atoms with van der Waals surface area (Å²) in [6.07, 6.45) is 3.11. The summed E-state index contributed by atoms with van der Waals surface area (Å²) >= 11 is 0. The van der Waals surface area contributed by atoms with Gasteiger partial charge in [-0.25, -0.2) is 0 Å². The van der Waals surface area contributed by atoms with Crippen molar-refractivity contribution in [2.75, 3.05) is 19.8 Å². The van der Waals surface area contributed by atoms with Crippen molar-refractivity contribution >= 4 is 0 Å². The molecule has 1 saturated carbocycles. The minimum absolute atomic E-state index is 0.175. The first-order valence-electron chi connectivity index (χ1n) is 9.50. The molecule has 0 spiro atoms. The van der Waals surface area contributed by atoms with Crippen LogP contribution in [0.2, 0.25) is 0 Å². The van der Waals surface area contributed by atoms with Gasteiger partial charge in [0.25, 0.3) is 0 Å². The van der Waals surface area contributed by atoms with Gasteiger partial charge in [0.2, 0.25) is 0 Å². The first-order chi connectivity index (χ1) is 12.7. The quantitative estimate of drug-likeness (QED) is 0.608. The summed E-state index contributed by atoms with van der Waals surface area (Å²) in [5.74, 6) is 1.56. The van der Waals surface area contributed by atoms with Crippen LogP contribution in [0.3, 0.4) is 0 Å². The van der Waals surface area contributed by atoms with Gasteiger partial charge in [-0.15, -0.1) is 0 Å². The molecule has 140 valence electrons. The molecule has 4 heteroatoms. The molecule has 3 rings (SSSR count). The van der Waals surface area contributed by atoms with Crippen LogP contribution in [0.5, 0.6) is 5.75 Å². The minimum atomic E-state index is -0.703. The van der Waals surface area contributed by atoms with Crippen molar-refractivity contribution in [3.05, 3.63) is 65.7 Å². The Morgan fingerprint density at radius 3 is 2.38 bits per heavy atom. The van der Waals surface area contributed by atoms with Crippen LogP contribution in [0.4, 0.5) is 0 Å². The van der Waals surface area contributed by atoms with Gasteiger partial charge in [0.05, 0.1) is 6.61 Å². The third-order valence-electron chi connectivity index (χ3n) is 4.75. The Morgan fingerprint density at radius 1 is 1.00 bits per heavy atom. The summed E-state index contributed by atoms with van der Waals surface area (Å²) in [4.78, 5) is 0. The summed E-state index contributed by atoms with van der Waals surface area (Å²) in [5, 5.41) is 10.2. The minimum Gasteiger partial charge on any atom is -0.487 e. The van der Waals surface area contributed by atoms with E-state index in [9.17, 15) is 5.11 Å². The topological polar surface area (TPSA) is 64.7 Å². The molecule has 0 amide bonds. The maximum Gasteiger partial charge on any atom is 0.130 e. The predicted octanol–water partition coefficient (Wildman–Crippen LogP) is 2.97. The Balaban J connectivity index is 1.52. The fraction of sp³-hybridized carbons (Fsp3) is 0.455. The normalized spacial score (nSPS) is 16.2. The molecule has 2 aromatic carbocycles. The number of aliphatic hydroxyl groups excluding tert-OH is 1. The van der Waals surface area contributed by atoms with Gasteiger partial charge in [0.1, 0.15) is 18.0 Å². The Bertz CT molecular complexity index is 640. The highest BCUT2D eigenvalue weighted by atomic mass is 16.5. The molecule has 2 atom stereocenters. The molecule has 0 radical (unpaired) electrons. The summed E-state index contributed by atoms with van der Waals surface area (Å²) in [6.45, 7) is 1.84. The molecule has 0 aliphatic heterocycles. The summed E-state index contributed by atoms with van der Waals surface area (Å²) in [6, 6.07) is 18.0. The molecule has 3 N–H and O–H groups in total. The first kappa shape index (κ1) is 18.9. The molecular formula is C22H29NO3. The molecule has 0 bridgehead atoms. The van der Waals surface area contributed by atoms with E-state index in [-0.39, 0.29) is 12.6 Å². The second-order valence-electron chi connectivity index (χ2n) is 7.06. The van der Waals surface area contributed by atoms with Gasteiger partial charge in [-0.05, 0) is 48.4 Å². The third-order valence-corrected chi connectivity index (χ3v) is 4.75. The highest BCUT2D eigenvalue weighted by molar-refractivity contribution is 5.28. The van der Waals surface area contributed by atoms with Crippen LogP contribution in [0.1, 0.15) is 24.0 Å². The summed E-state index contributed by atoms with van der Waals surface area (Å²) in [5.41, 5.74) is 8.00. The van der Waals surface area contributed by atoms with E-state index in [0.717, 1.165) is 36.9 Å². The van der Waals surface area contributed by atoms with Crippen LogP contribution >= 0.6 is 0 Å². The molecule has 26 heavy (non-hydrogen) atoms. The smallest absolute Gasteiger partial charge is 0.130 e. The number of aliphatic hydroxyl groups is 1. The fourth-order valence-electron chi connectivity index (χ4n) is 2.89. The van der Waals surface area contributed by atoms with Gasteiger partial charge in [-0.3, -0.25) is 0 Å². The molecule has 1 aliphatic carbocycles. The van der Waals surface area contributed by atoms with Crippen molar-refractivity contribution in [1.29, 1.82) is 0 Å². The van der Waals surface area contributed by atoms with Crippen molar-refractivity contribution < 1.29 is 14.6 Å². The molecule has 0 heterocycles. The van der Waals surface area contributed by atoms with Crippen molar-refractivity contribution in [3.8, 4) is 5.75 Å². The van der Waals surface area contributed by atoms with E-state index in [1.165, 1.54) is 18.4 Å². The van der Waals surface area contributed by atoms with Gasteiger partial charge in [0, 0.05) is 19.6 Å². The van der Waals surface area contributed by atoms with Crippen LogP contribution in [0.25, 0.3) is 0 Å². The lowest BCUT2D eigenvalue weighted by Gasteiger charge is -2.23. The standard InChI is InChI=1S/C22H29NO3/c23-15-21(24)22(14-18-4-2-1-3-5-18)26-20-10-8-17(9-11-20)12-13-25-16-19-6-7-19/h1-5,8-11,19,21-22,24H,6-7,12-16,23H2/t21-,22?/m0/s1. The van der Waals surface area contributed by atoms with E-state index >= 15 is 0 Å². The average Bonchev–Trinajstić information content (AvgIpc) is 3.50. The van der Waals surface area contributed by atoms with Gasteiger partial charge in [0.15, 0.2) is 0 Å². The molecular weight excluding hydrogens is 326 g/mol. The lowest BCUT2D eigenvalue weighted by Crippen LogP contribution is -2.39. The maximum atomic E-state index is 10.2. The van der Waals surface area contributed by atoms with Crippen LogP contribution in [0.15, 0.2) is 54.6 Å². The van der Waals surface area contributed by atoms with Crippen LogP contribution in [-0.2, 0) is 17.6 Å². The lowest BCUT2D eigenvalue weighted by atomic mass is 10.0. The maximum absolute atomic E-state index is 10.2. The number of nitrogens with two attached hydrogens (primary N) is 1. The predicted molar refractivity (Wildman–Crippen MR) is 103 cm³/mol. The van der Waals surface area contributed by atoms with E-state index < -0.39 is 6.10 Å². The van der Waals surface area contributed by atoms with Gasteiger partial charge in [-0.2, -0.15) is 0 Å². The molecule has 2 aromatic rings. The molecule has 4 nitrogen and oxygen atoms in total. The van der Waals surface area contributed by atoms with E-state index in [2.05, 4.69) is 12.1 Å². The Labute approximate surface area is 155 Å². The Kier molecular flexibility index (Phi) is 7.06. The monoisotopic (exact) mass is 355 g/mol. The third kappa shape index (κ3) is 6.13. The van der Waals surface area contributed by atoms with Crippen molar-refractivity contribution in [1.82, 2.24) is 0 Å². The van der Waals surface area contributed by atoms with Gasteiger partial charge >= 0.3 is 0 Å². The van der Waals surface area contributed by atoms with Gasteiger partial charge < -0.3 is 20.3 Å². The van der Waals surface area contributed by atoms with Crippen molar-refractivity contribution in [2.24, 2.45) is 11.7 Å². The highest BCUT2D eigenvalue weighted by Gasteiger charge is 2.21. The van der Waals surface area contributed by atoms with E-state index in [0.29, 0.717) is 6.42 Å². The average molecular weight is 355 g/mol. The Morgan fingerprint density at radius 2 is 1.73 bits per heavy atom.